The van der Waals surface area contributed by atoms with Crippen molar-refractivity contribution in [1.29, 1.82) is 0 Å². The van der Waals surface area contributed by atoms with Crippen LogP contribution in [0.3, 0.4) is 0 Å². The lowest BCUT2D eigenvalue weighted by molar-refractivity contribution is 1.21. The van der Waals surface area contributed by atoms with Crippen molar-refractivity contribution in [2.75, 3.05) is 5.73 Å². The Labute approximate surface area is 52.5 Å². The van der Waals surface area contributed by atoms with E-state index in [1.165, 1.54) is 6.07 Å². The summed E-state index contributed by atoms with van der Waals surface area (Å²) < 4.78 is 0. The highest BCUT2D eigenvalue weighted by molar-refractivity contribution is 5.36. The van der Waals surface area contributed by atoms with Crippen LogP contribution in [0.25, 0.3) is 0 Å². The number of hydrogen-bond acceptors (Lipinski definition) is 2. The molecule has 0 aliphatic rings. The minimum Gasteiger partial charge on any atom is -0.385 e. The van der Waals surface area contributed by atoms with E-state index >= 15 is 0 Å². The Balaban J connectivity index is 3.34. The summed E-state index contributed by atoms with van der Waals surface area (Å²) in [4.78, 5) is 13.0. The predicted octanol–water partition coefficient (Wildman–Crippen LogP) is 0.266. The van der Waals surface area contributed by atoms with Gasteiger partial charge in [0.15, 0.2) is 0 Å². The van der Waals surface area contributed by atoms with Crippen LogP contribution in [-0.2, 0) is 0 Å². The minimum absolute atomic E-state index is 0.155. The smallest absolute Gasteiger partial charge is 0.249 e. The normalized spacial score (nSPS) is 9.44. The van der Waals surface area contributed by atoms with Crippen LogP contribution < -0.4 is 11.3 Å². The van der Waals surface area contributed by atoms with E-state index in [-0.39, 0.29) is 5.56 Å². The van der Waals surface area contributed by atoms with E-state index in [9.17, 15) is 4.79 Å². The summed E-state index contributed by atoms with van der Waals surface area (Å²) >= 11 is 0. The number of pyridine rings is 1. The second-order valence-electron chi connectivity index (χ2n) is 1.92. The molecule has 3 heteroatoms. The Kier molecular flexibility index (Phi) is 1.26. The molecule has 3 nitrogen and oxygen atoms in total. The molecule has 0 saturated heterocycles. The third-order valence-electron chi connectivity index (χ3n) is 1.17. The maximum atomic E-state index is 10.5. The molecular weight excluding hydrogens is 116 g/mol. The van der Waals surface area contributed by atoms with E-state index in [4.69, 9.17) is 5.73 Å². The van der Waals surface area contributed by atoms with Gasteiger partial charge >= 0.3 is 0 Å². The van der Waals surface area contributed by atoms with E-state index in [0.29, 0.717) is 5.82 Å². The van der Waals surface area contributed by atoms with Crippen LogP contribution in [0.1, 0.15) is 5.56 Å². The molecular formula is C6H8N2O. The van der Waals surface area contributed by atoms with E-state index in [1.54, 1.807) is 6.07 Å². The number of anilines is 1. The van der Waals surface area contributed by atoms with Crippen molar-refractivity contribution >= 4 is 5.82 Å². The van der Waals surface area contributed by atoms with Crippen LogP contribution in [0.5, 0.6) is 0 Å². The van der Waals surface area contributed by atoms with Gasteiger partial charge < -0.3 is 10.7 Å². The van der Waals surface area contributed by atoms with E-state index in [1.807, 2.05) is 6.92 Å². The number of H-pyrrole nitrogens is 1. The standard InChI is InChI=1S/C6H8N2O/c1-4-2-3-5(9)8-6(4)7/h2-3H,1H3,(H3,7,8,9). The fourth-order valence-corrected chi connectivity index (χ4v) is 0.563. The first-order valence-electron chi connectivity index (χ1n) is 2.65. The van der Waals surface area contributed by atoms with Gasteiger partial charge in [-0.15, -0.1) is 0 Å². The van der Waals surface area contributed by atoms with Crippen LogP contribution in [0.15, 0.2) is 16.9 Å². The maximum Gasteiger partial charge on any atom is 0.249 e. The monoisotopic (exact) mass is 124 g/mol. The summed E-state index contributed by atoms with van der Waals surface area (Å²) in [6, 6.07) is 3.14. The van der Waals surface area contributed by atoms with E-state index < -0.39 is 0 Å². The van der Waals surface area contributed by atoms with Crippen molar-refractivity contribution in [2.24, 2.45) is 0 Å². The highest BCUT2D eigenvalue weighted by Crippen LogP contribution is 1.99. The summed E-state index contributed by atoms with van der Waals surface area (Å²) in [6.45, 7) is 1.84. The summed E-state index contributed by atoms with van der Waals surface area (Å²) in [5.74, 6) is 0.447. The lowest BCUT2D eigenvalue weighted by Gasteiger charge is -1.94. The van der Waals surface area contributed by atoms with E-state index in [2.05, 4.69) is 4.98 Å². The van der Waals surface area contributed by atoms with Gasteiger partial charge in [0.2, 0.25) is 5.56 Å². The van der Waals surface area contributed by atoms with Crippen molar-refractivity contribution in [2.45, 2.75) is 6.92 Å². The van der Waals surface area contributed by atoms with Crippen LogP contribution in [0.2, 0.25) is 0 Å². The second-order valence-corrected chi connectivity index (χ2v) is 1.92. The molecule has 1 aromatic heterocycles. The molecule has 0 radical (unpaired) electrons. The third kappa shape index (κ3) is 1.10. The molecule has 0 spiro atoms. The van der Waals surface area contributed by atoms with Gasteiger partial charge in [0.25, 0.3) is 0 Å². The van der Waals surface area contributed by atoms with Gasteiger partial charge in [0.05, 0.1) is 0 Å². The van der Waals surface area contributed by atoms with Crippen molar-refractivity contribution < 1.29 is 0 Å². The van der Waals surface area contributed by atoms with Crippen molar-refractivity contribution in [3.63, 3.8) is 0 Å². The quantitative estimate of drug-likeness (QED) is 0.521. The Morgan fingerprint density at radius 2 is 2.22 bits per heavy atom. The van der Waals surface area contributed by atoms with Crippen molar-refractivity contribution in [3.05, 3.63) is 28.0 Å². The van der Waals surface area contributed by atoms with Gasteiger partial charge in [-0.05, 0) is 12.5 Å². The van der Waals surface area contributed by atoms with Crippen LogP contribution in [-0.4, -0.2) is 4.98 Å². The Hall–Kier alpha value is -1.25. The Morgan fingerprint density at radius 1 is 1.56 bits per heavy atom. The predicted molar refractivity (Wildman–Crippen MR) is 36.2 cm³/mol. The molecule has 0 aliphatic heterocycles. The Bertz CT molecular complexity index is 264. The summed E-state index contributed by atoms with van der Waals surface area (Å²) in [6.07, 6.45) is 0. The number of rotatable bonds is 0. The fourth-order valence-electron chi connectivity index (χ4n) is 0.563. The van der Waals surface area contributed by atoms with Gasteiger partial charge in [-0.1, -0.05) is 6.07 Å². The SMILES string of the molecule is Cc1ccc(=O)[nH]c1N. The molecule has 0 unspecified atom stereocenters. The van der Waals surface area contributed by atoms with Gasteiger partial charge in [-0.3, -0.25) is 4.79 Å². The highest BCUT2D eigenvalue weighted by Gasteiger charge is 1.89. The largest absolute Gasteiger partial charge is 0.385 e. The lowest BCUT2D eigenvalue weighted by atomic mass is 10.3. The molecule has 0 aliphatic carbocycles. The number of nitrogen functional groups attached to an aromatic ring is 1. The average Bonchev–Trinajstić information content (AvgIpc) is 1.80. The van der Waals surface area contributed by atoms with Crippen LogP contribution in [0, 0.1) is 6.92 Å². The lowest BCUT2D eigenvalue weighted by Crippen LogP contribution is -2.07. The van der Waals surface area contributed by atoms with E-state index in [0.717, 1.165) is 5.56 Å². The second kappa shape index (κ2) is 1.93. The van der Waals surface area contributed by atoms with Crippen molar-refractivity contribution in [3.8, 4) is 0 Å². The first kappa shape index (κ1) is 5.88. The number of hydrogen-bond donors (Lipinski definition) is 2. The fraction of sp³-hybridized carbons (Fsp3) is 0.167. The Morgan fingerprint density at radius 3 is 2.67 bits per heavy atom. The number of aromatic nitrogens is 1. The zero-order valence-corrected chi connectivity index (χ0v) is 5.14. The molecule has 1 aromatic rings. The van der Waals surface area contributed by atoms with Gasteiger partial charge in [0.1, 0.15) is 5.82 Å². The molecule has 1 heterocycles. The van der Waals surface area contributed by atoms with Crippen LogP contribution in [0.4, 0.5) is 5.82 Å². The number of nitrogens with one attached hydrogen (secondary N) is 1. The molecule has 0 aromatic carbocycles. The van der Waals surface area contributed by atoms with Gasteiger partial charge in [-0.25, -0.2) is 0 Å². The van der Waals surface area contributed by atoms with Crippen LogP contribution >= 0.6 is 0 Å². The molecule has 0 atom stereocenters. The molecule has 0 amide bonds. The average molecular weight is 124 g/mol. The first-order chi connectivity index (χ1) is 4.20. The zero-order valence-electron chi connectivity index (χ0n) is 5.14. The first-order valence-corrected chi connectivity index (χ1v) is 2.65. The van der Waals surface area contributed by atoms with Gasteiger partial charge in [-0.2, -0.15) is 0 Å². The summed E-state index contributed by atoms with van der Waals surface area (Å²) in [5, 5.41) is 0. The topological polar surface area (TPSA) is 58.9 Å². The molecule has 1 rings (SSSR count). The molecule has 48 valence electrons. The highest BCUT2D eigenvalue weighted by atomic mass is 16.1. The number of aromatic amines is 1. The summed E-state index contributed by atoms with van der Waals surface area (Å²) in [7, 11) is 0. The summed E-state index contributed by atoms with van der Waals surface area (Å²) in [5.41, 5.74) is 6.11. The van der Waals surface area contributed by atoms with Gasteiger partial charge in [0, 0.05) is 6.07 Å². The maximum absolute atomic E-state index is 10.5. The molecule has 0 saturated carbocycles. The number of aryl methyl sites for hydroxylation is 1. The third-order valence-corrected chi connectivity index (χ3v) is 1.17. The molecule has 3 N–H and O–H groups in total. The van der Waals surface area contributed by atoms with Crippen molar-refractivity contribution in [1.82, 2.24) is 4.98 Å². The minimum atomic E-state index is -0.155. The molecule has 0 fully saturated rings. The number of nitrogens with two attached hydrogens (primary N) is 1. The molecule has 0 bridgehead atoms. The zero-order chi connectivity index (χ0) is 6.85. The molecule has 9 heavy (non-hydrogen) atoms.